The zero-order valence-corrected chi connectivity index (χ0v) is 12.1. The molecule has 0 amide bonds. The van der Waals surface area contributed by atoms with Crippen molar-refractivity contribution < 1.29 is 4.52 Å². The van der Waals surface area contributed by atoms with Gasteiger partial charge in [0.2, 0.25) is 0 Å². The maximum Gasteiger partial charge on any atom is 0.187 e. The van der Waals surface area contributed by atoms with Crippen molar-refractivity contribution in [3.8, 4) is 22.7 Å². The number of hydrogen-bond donors (Lipinski definition) is 0. The summed E-state index contributed by atoms with van der Waals surface area (Å²) >= 11 is 0. The lowest BCUT2D eigenvalue weighted by molar-refractivity contribution is 0.433. The summed E-state index contributed by atoms with van der Waals surface area (Å²) in [7, 11) is 0. The van der Waals surface area contributed by atoms with Crippen molar-refractivity contribution in [3.05, 3.63) is 48.5 Å². The summed E-state index contributed by atoms with van der Waals surface area (Å²) in [5, 5.41) is 12.7. The highest BCUT2D eigenvalue weighted by molar-refractivity contribution is 5.64. The fraction of sp³-hybridized carbons (Fsp3) is 0.235. The van der Waals surface area contributed by atoms with E-state index in [0.717, 1.165) is 30.2 Å². The topological polar surface area (TPSA) is 55.1 Å². The molecule has 1 saturated heterocycles. The van der Waals surface area contributed by atoms with Gasteiger partial charge >= 0.3 is 0 Å². The van der Waals surface area contributed by atoms with Crippen molar-refractivity contribution in [2.45, 2.75) is 12.8 Å². The summed E-state index contributed by atoms with van der Waals surface area (Å²) in [6.07, 6.45) is 2.46. The lowest BCUT2D eigenvalue weighted by atomic mass is 10.1. The maximum absolute atomic E-state index is 5.40. The fourth-order valence-corrected chi connectivity index (χ4v) is 2.71. The van der Waals surface area contributed by atoms with E-state index in [4.69, 9.17) is 4.52 Å². The summed E-state index contributed by atoms with van der Waals surface area (Å²) in [6, 6.07) is 15.8. The van der Waals surface area contributed by atoms with Crippen LogP contribution in [0.25, 0.3) is 22.7 Å². The van der Waals surface area contributed by atoms with Gasteiger partial charge in [0.25, 0.3) is 0 Å². The Morgan fingerprint density at radius 3 is 2.41 bits per heavy atom. The summed E-state index contributed by atoms with van der Waals surface area (Å²) in [4.78, 5) is 2.26. The van der Waals surface area contributed by atoms with Gasteiger partial charge in [-0.05, 0) is 25.0 Å². The van der Waals surface area contributed by atoms with Crippen LogP contribution in [0, 0.1) is 0 Å². The Hall–Kier alpha value is -2.69. The summed E-state index contributed by atoms with van der Waals surface area (Å²) in [6.45, 7) is 2.13. The van der Waals surface area contributed by atoms with Crippen LogP contribution in [0.5, 0.6) is 0 Å². The third-order valence-electron chi connectivity index (χ3n) is 3.91. The van der Waals surface area contributed by atoms with Crippen molar-refractivity contribution in [1.29, 1.82) is 0 Å². The molecule has 2 aromatic heterocycles. The number of hydrogen-bond acceptors (Lipinski definition) is 5. The molecule has 5 nitrogen and oxygen atoms in total. The minimum Gasteiger partial charge on any atom is -0.355 e. The second kappa shape index (κ2) is 5.60. The van der Waals surface area contributed by atoms with E-state index in [2.05, 4.69) is 20.3 Å². The lowest BCUT2D eigenvalue weighted by Crippen LogP contribution is -2.19. The SMILES string of the molecule is c1ccc(-c2cc(-c3ccc(N4CCCC4)nn3)on2)cc1. The predicted octanol–water partition coefficient (Wildman–Crippen LogP) is 3.40. The van der Waals surface area contributed by atoms with Gasteiger partial charge in [0, 0.05) is 24.7 Å². The Labute approximate surface area is 128 Å². The van der Waals surface area contributed by atoms with Crippen molar-refractivity contribution >= 4 is 5.82 Å². The summed E-state index contributed by atoms with van der Waals surface area (Å²) in [5.41, 5.74) is 2.54. The molecule has 0 radical (unpaired) electrons. The molecule has 5 heteroatoms. The average molecular weight is 292 g/mol. The van der Waals surface area contributed by atoms with Crippen LogP contribution in [-0.2, 0) is 0 Å². The van der Waals surface area contributed by atoms with Crippen molar-refractivity contribution in [2.24, 2.45) is 0 Å². The van der Waals surface area contributed by atoms with Gasteiger partial charge in [-0.3, -0.25) is 0 Å². The van der Waals surface area contributed by atoms with Gasteiger partial charge in [0.15, 0.2) is 11.6 Å². The molecule has 0 N–H and O–H groups in total. The molecule has 0 bridgehead atoms. The van der Waals surface area contributed by atoms with Crippen LogP contribution in [0.15, 0.2) is 53.1 Å². The van der Waals surface area contributed by atoms with E-state index in [1.807, 2.05) is 48.5 Å². The number of benzene rings is 1. The molecule has 4 rings (SSSR count). The smallest absolute Gasteiger partial charge is 0.187 e. The maximum atomic E-state index is 5.40. The number of nitrogens with zero attached hydrogens (tertiary/aromatic N) is 4. The second-order valence-electron chi connectivity index (χ2n) is 5.41. The minimum absolute atomic E-state index is 0.638. The van der Waals surface area contributed by atoms with Gasteiger partial charge < -0.3 is 9.42 Å². The van der Waals surface area contributed by atoms with E-state index in [0.29, 0.717) is 11.5 Å². The third kappa shape index (κ3) is 2.45. The monoisotopic (exact) mass is 292 g/mol. The lowest BCUT2D eigenvalue weighted by Gasteiger charge is -2.14. The molecule has 1 aliphatic rings. The molecule has 0 aliphatic carbocycles. The molecule has 1 fully saturated rings. The Morgan fingerprint density at radius 1 is 0.864 bits per heavy atom. The van der Waals surface area contributed by atoms with Crippen molar-refractivity contribution in [1.82, 2.24) is 15.4 Å². The largest absolute Gasteiger partial charge is 0.355 e. The van der Waals surface area contributed by atoms with E-state index in [1.54, 1.807) is 0 Å². The molecular formula is C17H16N4O. The molecule has 110 valence electrons. The summed E-state index contributed by atoms with van der Waals surface area (Å²) in [5.74, 6) is 1.57. The standard InChI is InChI=1S/C17H16N4O/c1-2-6-13(7-3-1)15-12-16(22-20-15)14-8-9-17(19-18-14)21-10-4-5-11-21/h1-3,6-9,12H,4-5,10-11H2. The normalized spacial score (nSPS) is 14.5. The van der Waals surface area contributed by atoms with Crippen LogP contribution in [0.2, 0.25) is 0 Å². The number of aromatic nitrogens is 3. The zero-order valence-electron chi connectivity index (χ0n) is 12.1. The van der Waals surface area contributed by atoms with Crippen molar-refractivity contribution in [2.75, 3.05) is 18.0 Å². The van der Waals surface area contributed by atoms with Gasteiger partial charge in [0.05, 0.1) is 0 Å². The van der Waals surface area contributed by atoms with Gasteiger partial charge in [-0.25, -0.2) is 0 Å². The minimum atomic E-state index is 0.638. The Balaban J connectivity index is 1.58. The molecule has 1 aromatic carbocycles. The Bertz CT molecular complexity index is 746. The average Bonchev–Trinajstić information content (AvgIpc) is 3.28. The first kappa shape index (κ1) is 13.0. The fourth-order valence-electron chi connectivity index (χ4n) is 2.71. The first-order valence-corrected chi connectivity index (χ1v) is 7.51. The highest BCUT2D eigenvalue weighted by atomic mass is 16.5. The first-order chi connectivity index (χ1) is 10.9. The highest BCUT2D eigenvalue weighted by Gasteiger charge is 2.15. The number of rotatable bonds is 3. The molecule has 0 spiro atoms. The summed E-state index contributed by atoms with van der Waals surface area (Å²) < 4.78 is 5.40. The first-order valence-electron chi connectivity index (χ1n) is 7.51. The zero-order chi connectivity index (χ0) is 14.8. The second-order valence-corrected chi connectivity index (χ2v) is 5.41. The molecule has 22 heavy (non-hydrogen) atoms. The third-order valence-corrected chi connectivity index (χ3v) is 3.91. The van der Waals surface area contributed by atoms with Crippen molar-refractivity contribution in [3.63, 3.8) is 0 Å². The highest BCUT2D eigenvalue weighted by Crippen LogP contribution is 2.25. The Kier molecular flexibility index (Phi) is 3.31. The van der Waals surface area contributed by atoms with Crippen LogP contribution in [0.3, 0.4) is 0 Å². The van der Waals surface area contributed by atoms with Crippen LogP contribution < -0.4 is 4.90 Å². The van der Waals surface area contributed by atoms with E-state index in [1.165, 1.54) is 12.8 Å². The van der Waals surface area contributed by atoms with Gasteiger partial charge in [-0.15, -0.1) is 10.2 Å². The van der Waals surface area contributed by atoms with Gasteiger partial charge in [-0.1, -0.05) is 35.5 Å². The number of anilines is 1. The van der Waals surface area contributed by atoms with Gasteiger partial charge in [-0.2, -0.15) is 0 Å². The van der Waals surface area contributed by atoms with Crippen LogP contribution in [0.1, 0.15) is 12.8 Å². The predicted molar refractivity (Wildman–Crippen MR) is 84.4 cm³/mol. The van der Waals surface area contributed by atoms with Crippen LogP contribution in [0.4, 0.5) is 5.82 Å². The van der Waals surface area contributed by atoms with Crippen LogP contribution >= 0.6 is 0 Å². The van der Waals surface area contributed by atoms with E-state index in [-0.39, 0.29) is 0 Å². The van der Waals surface area contributed by atoms with Crippen LogP contribution in [-0.4, -0.2) is 28.4 Å². The quantitative estimate of drug-likeness (QED) is 0.740. The molecule has 3 aromatic rings. The van der Waals surface area contributed by atoms with E-state index < -0.39 is 0 Å². The van der Waals surface area contributed by atoms with Gasteiger partial charge in [0.1, 0.15) is 11.4 Å². The molecular weight excluding hydrogens is 276 g/mol. The molecule has 1 aliphatic heterocycles. The molecule has 0 unspecified atom stereocenters. The molecule has 0 saturated carbocycles. The van der Waals surface area contributed by atoms with E-state index >= 15 is 0 Å². The Morgan fingerprint density at radius 2 is 1.68 bits per heavy atom. The molecule has 0 atom stereocenters. The van der Waals surface area contributed by atoms with E-state index in [9.17, 15) is 0 Å². The molecule has 3 heterocycles.